The molecule has 36 heavy (non-hydrogen) atoms. The van der Waals surface area contributed by atoms with Crippen molar-refractivity contribution in [3.63, 3.8) is 0 Å². The summed E-state index contributed by atoms with van der Waals surface area (Å²) in [4.78, 5) is 24.6. The molecule has 0 spiro atoms. The number of fused-ring (bicyclic) bond motifs is 1. The molecule has 0 atom stereocenters. The predicted octanol–water partition coefficient (Wildman–Crippen LogP) is 5.87. The third-order valence-electron chi connectivity index (χ3n) is 6.17. The van der Waals surface area contributed by atoms with Crippen molar-refractivity contribution in [2.24, 2.45) is 0 Å². The summed E-state index contributed by atoms with van der Waals surface area (Å²) in [6.07, 6.45) is 5.53. The van der Waals surface area contributed by atoms with Crippen LogP contribution in [0, 0.1) is 0 Å². The summed E-state index contributed by atoms with van der Waals surface area (Å²) in [5, 5.41) is 0.556. The molecule has 1 aliphatic rings. The highest BCUT2D eigenvalue weighted by molar-refractivity contribution is 9.10. The SMILES string of the molecule is O=C(c1ccc(S(=O)(=O)N2CCCCCC2)cc1)N(Cc1ccccn1)c1nc2ccc(Br)cc2s1. The molecule has 3 heterocycles. The zero-order chi connectivity index (χ0) is 25.1. The first-order valence-electron chi connectivity index (χ1n) is 11.8. The molecular formula is C26H25BrN4O3S2. The first-order valence-corrected chi connectivity index (χ1v) is 14.8. The molecule has 0 radical (unpaired) electrons. The van der Waals surface area contributed by atoms with Crippen molar-refractivity contribution in [2.75, 3.05) is 18.0 Å². The van der Waals surface area contributed by atoms with Crippen LogP contribution >= 0.6 is 27.3 Å². The van der Waals surface area contributed by atoms with Gasteiger partial charge in [0.25, 0.3) is 5.91 Å². The molecule has 0 saturated carbocycles. The van der Waals surface area contributed by atoms with E-state index in [1.807, 2.05) is 36.4 Å². The molecule has 1 fully saturated rings. The molecule has 10 heteroatoms. The average molecular weight is 586 g/mol. The summed E-state index contributed by atoms with van der Waals surface area (Å²) in [7, 11) is -3.59. The number of sulfonamides is 1. The van der Waals surface area contributed by atoms with E-state index in [0.29, 0.717) is 23.8 Å². The average Bonchev–Trinajstić information content (AvgIpc) is 3.10. The third-order valence-corrected chi connectivity index (χ3v) is 9.61. The predicted molar refractivity (Wildman–Crippen MR) is 146 cm³/mol. The van der Waals surface area contributed by atoms with E-state index < -0.39 is 10.0 Å². The number of amides is 1. The second kappa shape index (κ2) is 10.8. The van der Waals surface area contributed by atoms with Gasteiger partial charge in [0.15, 0.2) is 5.13 Å². The van der Waals surface area contributed by atoms with Gasteiger partial charge in [-0.25, -0.2) is 13.4 Å². The fraction of sp³-hybridized carbons (Fsp3) is 0.269. The van der Waals surface area contributed by atoms with E-state index >= 15 is 0 Å². The van der Waals surface area contributed by atoms with Gasteiger partial charge < -0.3 is 0 Å². The van der Waals surface area contributed by atoms with Crippen molar-refractivity contribution in [3.05, 3.63) is 82.6 Å². The Hall–Kier alpha value is -2.66. The van der Waals surface area contributed by atoms with Crippen LogP contribution in [0.5, 0.6) is 0 Å². The summed E-state index contributed by atoms with van der Waals surface area (Å²) < 4.78 is 29.8. The van der Waals surface area contributed by atoms with E-state index in [1.54, 1.807) is 27.5 Å². The number of halogens is 1. The van der Waals surface area contributed by atoms with Gasteiger partial charge in [0.1, 0.15) is 0 Å². The van der Waals surface area contributed by atoms with Crippen LogP contribution in [-0.4, -0.2) is 41.7 Å². The number of carbonyl (C=O) groups is 1. The maximum absolute atomic E-state index is 13.7. The molecule has 2 aromatic heterocycles. The number of aromatic nitrogens is 2. The molecule has 0 bridgehead atoms. The molecule has 1 amide bonds. The van der Waals surface area contributed by atoms with Crippen LogP contribution in [0.2, 0.25) is 0 Å². The Morgan fingerprint density at radius 1 is 1.00 bits per heavy atom. The number of hydrogen-bond donors (Lipinski definition) is 0. The van der Waals surface area contributed by atoms with E-state index in [9.17, 15) is 13.2 Å². The highest BCUT2D eigenvalue weighted by Gasteiger charge is 2.27. The molecule has 7 nitrogen and oxygen atoms in total. The summed E-state index contributed by atoms with van der Waals surface area (Å²) in [5.41, 5.74) is 1.92. The van der Waals surface area contributed by atoms with Crippen LogP contribution in [0.25, 0.3) is 10.2 Å². The maximum Gasteiger partial charge on any atom is 0.260 e. The van der Waals surface area contributed by atoms with Gasteiger partial charge in [-0.15, -0.1) is 0 Å². The molecule has 5 rings (SSSR count). The lowest BCUT2D eigenvalue weighted by molar-refractivity contribution is 0.0984. The molecule has 186 valence electrons. The van der Waals surface area contributed by atoms with E-state index in [2.05, 4.69) is 20.9 Å². The smallest absolute Gasteiger partial charge is 0.260 e. The summed E-state index contributed by atoms with van der Waals surface area (Å²) >= 11 is 4.91. The Kier molecular flexibility index (Phi) is 7.47. The largest absolute Gasteiger partial charge is 0.278 e. The number of carbonyl (C=O) groups excluding carboxylic acids is 1. The van der Waals surface area contributed by atoms with E-state index in [4.69, 9.17) is 4.98 Å². The standard InChI is InChI=1S/C26H25BrN4O3S2/c27-20-10-13-23-24(17-20)35-26(29-23)31(18-21-7-3-4-14-28-21)25(32)19-8-11-22(12-9-19)36(33,34)30-15-5-1-2-6-16-30/h3-4,7-14,17H,1-2,5-6,15-16,18H2. The van der Waals surface area contributed by atoms with Gasteiger partial charge in [0, 0.05) is 29.3 Å². The molecule has 2 aromatic carbocycles. The second-order valence-corrected chi connectivity index (χ2v) is 12.5. The van der Waals surface area contributed by atoms with E-state index in [-0.39, 0.29) is 17.3 Å². The van der Waals surface area contributed by atoms with Gasteiger partial charge in [-0.2, -0.15) is 4.31 Å². The van der Waals surface area contributed by atoms with Crippen LogP contribution in [-0.2, 0) is 16.6 Å². The molecule has 4 aromatic rings. The van der Waals surface area contributed by atoms with Crippen LogP contribution in [0.15, 0.2) is 76.2 Å². The Morgan fingerprint density at radius 3 is 2.44 bits per heavy atom. The Balaban J connectivity index is 1.46. The lowest BCUT2D eigenvalue weighted by atomic mass is 10.2. The summed E-state index contributed by atoms with van der Waals surface area (Å²) in [5.74, 6) is -0.266. The normalized spacial score (nSPS) is 15.0. The number of anilines is 1. The van der Waals surface area contributed by atoms with Crippen molar-refractivity contribution in [3.8, 4) is 0 Å². The highest BCUT2D eigenvalue weighted by Crippen LogP contribution is 2.32. The number of rotatable bonds is 6. The van der Waals surface area contributed by atoms with E-state index in [0.717, 1.165) is 46.1 Å². The van der Waals surface area contributed by atoms with Gasteiger partial charge >= 0.3 is 0 Å². The third kappa shape index (κ3) is 5.36. The maximum atomic E-state index is 13.7. The first kappa shape index (κ1) is 25.0. The van der Waals surface area contributed by atoms with Crippen molar-refractivity contribution in [1.82, 2.24) is 14.3 Å². The summed E-state index contributed by atoms with van der Waals surface area (Å²) in [6.45, 7) is 1.32. The number of nitrogens with zero attached hydrogens (tertiary/aromatic N) is 4. The fourth-order valence-corrected chi connectivity index (χ4v) is 7.27. The molecule has 1 aliphatic heterocycles. The van der Waals surface area contributed by atoms with Crippen molar-refractivity contribution in [2.45, 2.75) is 37.1 Å². The fourth-order valence-electron chi connectivity index (χ4n) is 4.24. The quantitative estimate of drug-likeness (QED) is 0.283. The molecular weight excluding hydrogens is 560 g/mol. The van der Waals surface area contributed by atoms with Gasteiger partial charge in [0.2, 0.25) is 10.0 Å². The highest BCUT2D eigenvalue weighted by atomic mass is 79.9. The van der Waals surface area contributed by atoms with Crippen LogP contribution < -0.4 is 4.90 Å². The summed E-state index contributed by atoms with van der Waals surface area (Å²) in [6, 6.07) is 17.6. The van der Waals surface area contributed by atoms with Gasteiger partial charge in [-0.1, -0.05) is 46.2 Å². The number of thiazole rings is 1. The Bertz CT molecular complexity index is 1470. The minimum atomic E-state index is -3.59. The molecule has 0 unspecified atom stereocenters. The number of pyridine rings is 1. The topological polar surface area (TPSA) is 83.5 Å². The van der Waals surface area contributed by atoms with Crippen molar-refractivity contribution in [1.29, 1.82) is 0 Å². The minimum absolute atomic E-state index is 0.210. The number of hydrogen-bond acceptors (Lipinski definition) is 6. The molecule has 0 N–H and O–H groups in total. The first-order chi connectivity index (χ1) is 17.4. The van der Waals surface area contributed by atoms with Crippen LogP contribution in [0.1, 0.15) is 41.7 Å². The van der Waals surface area contributed by atoms with Crippen LogP contribution in [0.4, 0.5) is 5.13 Å². The van der Waals surface area contributed by atoms with Gasteiger partial charge in [-0.05, 0) is 67.4 Å². The number of benzene rings is 2. The Labute approximate surface area is 223 Å². The minimum Gasteiger partial charge on any atom is -0.278 e. The van der Waals surface area contributed by atoms with Gasteiger partial charge in [-0.3, -0.25) is 14.7 Å². The molecule has 1 saturated heterocycles. The zero-order valence-corrected chi connectivity index (χ0v) is 22.7. The zero-order valence-electron chi connectivity index (χ0n) is 19.5. The Morgan fingerprint density at radius 2 is 1.75 bits per heavy atom. The van der Waals surface area contributed by atoms with Crippen molar-refractivity contribution >= 4 is 58.5 Å². The molecule has 0 aliphatic carbocycles. The van der Waals surface area contributed by atoms with Gasteiger partial charge in [0.05, 0.1) is 27.4 Å². The lowest BCUT2D eigenvalue weighted by Gasteiger charge is -2.21. The monoisotopic (exact) mass is 584 g/mol. The lowest BCUT2D eigenvalue weighted by Crippen LogP contribution is -2.32. The van der Waals surface area contributed by atoms with E-state index in [1.165, 1.54) is 23.5 Å². The van der Waals surface area contributed by atoms with Crippen LogP contribution in [0.3, 0.4) is 0 Å². The second-order valence-electron chi connectivity index (χ2n) is 8.66. The van der Waals surface area contributed by atoms with Crippen molar-refractivity contribution < 1.29 is 13.2 Å².